The second-order valence-corrected chi connectivity index (χ2v) is 4.02. The van der Waals surface area contributed by atoms with E-state index < -0.39 is 0 Å². The van der Waals surface area contributed by atoms with E-state index in [4.69, 9.17) is 0 Å². The van der Waals surface area contributed by atoms with Crippen LogP contribution in [0.5, 0.6) is 0 Å². The Morgan fingerprint density at radius 1 is 1.73 bits per heavy atom. The fourth-order valence-corrected chi connectivity index (χ4v) is 2.42. The minimum absolute atomic E-state index is 0.572. The van der Waals surface area contributed by atoms with E-state index in [2.05, 4.69) is 17.2 Å². The van der Waals surface area contributed by atoms with Crippen LogP contribution < -0.4 is 5.32 Å². The summed E-state index contributed by atoms with van der Waals surface area (Å²) in [5.41, 5.74) is 1.90. The Labute approximate surface area is 70.7 Å². The minimum atomic E-state index is 0.572. The molecule has 2 atom stereocenters. The van der Waals surface area contributed by atoms with Crippen LogP contribution in [-0.4, -0.2) is 11.5 Å². The van der Waals surface area contributed by atoms with Gasteiger partial charge in [0.25, 0.3) is 0 Å². The van der Waals surface area contributed by atoms with Crippen molar-refractivity contribution in [1.82, 2.24) is 10.3 Å². The first-order valence-electron chi connectivity index (χ1n) is 3.99. The van der Waals surface area contributed by atoms with E-state index in [1.54, 1.807) is 11.3 Å². The third-order valence-corrected chi connectivity index (χ3v) is 3.15. The lowest BCUT2D eigenvalue weighted by Gasteiger charge is -2.11. The predicted molar refractivity (Wildman–Crippen MR) is 46.6 cm³/mol. The van der Waals surface area contributed by atoms with Crippen LogP contribution in [0, 0.1) is 5.92 Å². The topological polar surface area (TPSA) is 24.9 Å². The van der Waals surface area contributed by atoms with Gasteiger partial charge in [0.1, 0.15) is 0 Å². The molecule has 0 unspecified atom stereocenters. The molecule has 1 saturated heterocycles. The zero-order valence-corrected chi connectivity index (χ0v) is 7.40. The van der Waals surface area contributed by atoms with Crippen molar-refractivity contribution in [3.63, 3.8) is 0 Å². The summed E-state index contributed by atoms with van der Waals surface area (Å²) in [6.45, 7) is 3.45. The maximum atomic E-state index is 4.08. The van der Waals surface area contributed by atoms with Crippen molar-refractivity contribution in [2.45, 2.75) is 19.4 Å². The average molecular weight is 168 g/mol. The largest absolute Gasteiger partial charge is 0.309 e. The molecule has 1 aliphatic heterocycles. The Hall–Kier alpha value is -0.410. The lowest BCUT2D eigenvalue weighted by Crippen LogP contribution is -2.14. The van der Waals surface area contributed by atoms with E-state index in [9.17, 15) is 0 Å². The lowest BCUT2D eigenvalue weighted by atomic mass is 10.0. The summed E-state index contributed by atoms with van der Waals surface area (Å²) in [6, 6.07) is 0.572. The van der Waals surface area contributed by atoms with Gasteiger partial charge in [-0.15, -0.1) is 11.3 Å². The highest BCUT2D eigenvalue weighted by molar-refractivity contribution is 7.09. The smallest absolute Gasteiger partial charge is 0.0794 e. The highest BCUT2D eigenvalue weighted by Crippen LogP contribution is 2.30. The fourth-order valence-electron chi connectivity index (χ4n) is 1.59. The number of nitrogens with zero attached hydrogens (tertiary/aromatic N) is 1. The second kappa shape index (κ2) is 2.91. The standard InChI is InChI=1S/C8H12N2S/c1-6-2-3-10-8(6)7-4-9-5-11-7/h4-6,8,10H,2-3H2,1H3/t6-,8-/m1/s1. The van der Waals surface area contributed by atoms with E-state index in [1.807, 2.05) is 11.7 Å². The second-order valence-electron chi connectivity index (χ2n) is 3.10. The first kappa shape index (κ1) is 7.25. The number of nitrogens with one attached hydrogen (secondary N) is 1. The molecule has 1 aliphatic rings. The zero-order chi connectivity index (χ0) is 7.68. The van der Waals surface area contributed by atoms with Crippen molar-refractivity contribution >= 4 is 11.3 Å². The van der Waals surface area contributed by atoms with Crippen molar-refractivity contribution in [2.24, 2.45) is 5.92 Å². The number of hydrogen-bond acceptors (Lipinski definition) is 3. The number of rotatable bonds is 1. The molecule has 0 radical (unpaired) electrons. The van der Waals surface area contributed by atoms with Crippen molar-refractivity contribution in [3.8, 4) is 0 Å². The summed E-state index contributed by atoms with van der Waals surface area (Å²) >= 11 is 1.75. The highest BCUT2D eigenvalue weighted by Gasteiger charge is 2.24. The third-order valence-electron chi connectivity index (χ3n) is 2.29. The van der Waals surface area contributed by atoms with E-state index >= 15 is 0 Å². The van der Waals surface area contributed by atoms with E-state index in [0.717, 1.165) is 12.5 Å². The summed E-state index contributed by atoms with van der Waals surface area (Å²) in [6.07, 6.45) is 3.27. The molecule has 1 N–H and O–H groups in total. The van der Waals surface area contributed by atoms with Gasteiger partial charge in [-0.25, -0.2) is 0 Å². The van der Waals surface area contributed by atoms with Crippen molar-refractivity contribution in [3.05, 3.63) is 16.6 Å². The first-order valence-corrected chi connectivity index (χ1v) is 4.87. The summed E-state index contributed by atoms with van der Waals surface area (Å²) in [7, 11) is 0. The predicted octanol–water partition coefficient (Wildman–Crippen LogP) is 1.81. The van der Waals surface area contributed by atoms with Gasteiger partial charge in [0, 0.05) is 17.1 Å². The molecule has 1 fully saturated rings. The molecule has 2 heterocycles. The van der Waals surface area contributed by atoms with Crippen molar-refractivity contribution in [1.29, 1.82) is 0 Å². The Morgan fingerprint density at radius 3 is 3.18 bits per heavy atom. The monoisotopic (exact) mass is 168 g/mol. The molecule has 11 heavy (non-hydrogen) atoms. The summed E-state index contributed by atoms with van der Waals surface area (Å²) in [4.78, 5) is 5.46. The Balaban J connectivity index is 2.16. The molecule has 1 aromatic heterocycles. The Kier molecular flexibility index (Phi) is 1.92. The van der Waals surface area contributed by atoms with Crippen LogP contribution in [0.2, 0.25) is 0 Å². The van der Waals surface area contributed by atoms with Gasteiger partial charge in [0.05, 0.1) is 5.51 Å². The maximum absolute atomic E-state index is 4.08. The molecule has 1 aromatic rings. The van der Waals surface area contributed by atoms with Crippen LogP contribution in [0.4, 0.5) is 0 Å². The van der Waals surface area contributed by atoms with Crippen LogP contribution in [0.3, 0.4) is 0 Å². The van der Waals surface area contributed by atoms with Gasteiger partial charge in [-0.3, -0.25) is 4.98 Å². The summed E-state index contributed by atoms with van der Waals surface area (Å²) in [5, 5.41) is 3.48. The average Bonchev–Trinajstić information content (AvgIpc) is 2.55. The highest BCUT2D eigenvalue weighted by atomic mass is 32.1. The van der Waals surface area contributed by atoms with E-state index in [1.165, 1.54) is 11.3 Å². The van der Waals surface area contributed by atoms with Gasteiger partial charge < -0.3 is 5.32 Å². The van der Waals surface area contributed by atoms with Gasteiger partial charge in [0.15, 0.2) is 0 Å². The molecule has 3 heteroatoms. The normalized spacial score (nSPS) is 31.0. The number of aromatic nitrogens is 1. The van der Waals surface area contributed by atoms with E-state index in [0.29, 0.717) is 6.04 Å². The third kappa shape index (κ3) is 1.30. The van der Waals surface area contributed by atoms with Crippen LogP contribution in [0.15, 0.2) is 11.7 Å². The minimum Gasteiger partial charge on any atom is -0.309 e. The SMILES string of the molecule is C[C@@H]1CCN[C@H]1c1cncs1. The molecular formula is C8H12N2S. The Morgan fingerprint density at radius 2 is 2.64 bits per heavy atom. The van der Waals surface area contributed by atoms with Gasteiger partial charge in [0.2, 0.25) is 0 Å². The molecule has 0 amide bonds. The van der Waals surface area contributed by atoms with Crippen LogP contribution >= 0.6 is 11.3 Å². The summed E-state index contributed by atoms with van der Waals surface area (Å²) in [5.74, 6) is 0.774. The number of hydrogen-bond donors (Lipinski definition) is 1. The lowest BCUT2D eigenvalue weighted by molar-refractivity contribution is 0.510. The van der Waals surface area contributed by atoms with E-state index in [-0.39, 0.29) is 0 Å². The number of thiazole rings is 1. The van der Waals surface area contributed by atoms with Gasteiger partial charge in [-0.1, -0.05) is 6.92 Å². The molecule has 0 bridgehead atoms. The molecular weight excluding hydrogens is 156 g/mol. The fraction of sp³-hybridized carbons (Fsp3) is 0.625. The molecule has 0 aliphatic carbocycles. The van der Waals surface area contributed by atoms with Gasteiger partial charge in [-0.05, 0) is 18.9 Å². The van der Waals surface area contributed by atoms with Crippen molar-refractivity contribution in [2.75, 3.05) is 6.54 Å². The summed E-state index contributed by atoms with van der Waals surface area (Å²) < 4.78 is 0. The van der Waals surface area contributed by atoms with Crippen LogP contribution in [0.25, 0.3) is 0 Å². The molecule has 60 valence electrons. The zero-order valence-electron chi connectivity index (χ0n) is 6.58. The molecule has 2 rings (SSSR count). The molecule has 0 aromatic carbocycles. The van der Waals surface area contributed by atoms with Crippen LogP contribution in [0.1, 0.15) is 24.3 Å². The van der Waals surface area contributed by atoms with Gasteiger partial charge in [-0.2, -0.15) is 0 Å². The molecule has 0 spiro atoms. The molecule has 0 saturated carbocycles. The maximum Gasteiger partial charge on any atom is 0.0794 e. The van der Waals surface area contributed by atoms with Crippen LogP contribution in [-0.2, 0) is 0 Å². The van der Waals surface area contributed by atoms with Gasteiger partial charge >= 0.3 is 0 Å². The first-order chi connectivity index (χ1) is 5.38. The van der Waals surface area contributed by atoms with Crippen molar-refractivity contribution < 1.29 is 0 Å². The Bertz CT molecular complexity index is 220. The molecule has 2 nitrogen and oxygen atoms in total. The quantitative estimate of drug-likeness (QED) is 0.691.